The van der Waals surface area contributed by atoms with E-state index in [1.54, 1.807) is 18.1 Å². The maximum absolute atomic E-state index is 10.7. The van der Waals surface area contributed by atoms with Crippen LogP contribution in [0.5, 0.6) is 0 Å². The molecule has 2 atom stereocenters. The number of hydrogen-bond acceptors (Lipinski definition) is 5. The summed E-state index contributed by atoms with van der Waals surface area (Å²) in [6.07, 6.45) is 5.72. The molecule has 1 fully saturated rings. The van der Waals surface area contributed by atoms with Gasteiger partial charge in [0.1, 0.15) is 29.8 Å². The summed E-state index contributed by atoms with van der Waals surface area (Å²) in [5, 5.41) is 5.21. The van der Waals surface area contributed by atoms with Crippen LogP contribution < -0.4 is 0 Å². The Morgan fingerprint density at radius 2 is 2.39 bits per heavy atom. The zero-order chi connectivity index (χ0) is 12.5. The van der Waals surface area contributed by atoms with Gasteiger partial charge in [-0.1, -0.05) is 0 Å². The SMILES string of the molecule is CSc1ncnn2c(C3CCC(C=O)O3)ccc12. The molecule has 2 aromatic heterocycles. The molecule has 2 aromatic rings. The van der Waals surface area contributed by atoms with Gasteiger partial charge in [0.15, 0.2) is 0 Å². The minimum Gasteiger partial charge on any atom is -0.361 e. The number of ether oxygens (including phenoxy) is 1. The van der Waals surface area contributed by atoms with E-state index in [1.807, 2.05) is 22.9 Å². The first-order valence-corrected chi connectivity index (χ1v) is 7.03. The number of thioether (sulfide) groups is 1. The molecule has 1 aliphatic heterocycles. The van der Waals surface area contributed by atoms with Gasteiger partial charge in [0, 0.05) is 0 Å². The predicted octanol–water partition coefficient (Wildman–Crippen LogP) is 1.87. The Kier molecular flexibility index (Phi) is 3.05. The molecule has 0 amide bonds. The van der Waals surface area contributed by atoms with E-state index in [0.29, 0.717) is 0 Å². The van der Waals surface area contributed by atoms with E-state index in [4.69, 9.17) is 4.74 Å². The van der Waals surface area contributed by atoms with Crippen molar-refractivity contribution in [3.63, 3.8) is 0 Å². The topological polar surface area (TPSA) is 56.5 Å². The first-order valence-electron chi connectivity index (χ1n) is 5.81. The van der Waals surface area contributed by atoms with Gasteiger partial charge in [-0.2, -0.15) is 5.10 Å². The lowest BCUT2D eigenvalue weighted by Gasteiger charge is -2.10. The van der Waals surface area contributed by atoms with Gasteiger partial charge in [-0.3, -0.25) is 0 Å². The van der Waals surface area contributed by atoms with Crippen molar-refractivity contribution in [1.29, 1.82) is 0 Å². The van der Waals surface area contributed by atoms with Gasteiger partial charge in [-0.15, -0.1) is 11.8 Å². The molecule has 6 heteroatoms. The number of rotatable bonds is 3. The summed E-state index contributed by atoms with van der Waals surface area (Å²) in [6.45, 7) is 0. The molecule has 0 spiro atoms. The highest BCUT2D eigenvalue weighted by molar-refractivity contribution is 7.98. The minimum absolute atomic E-state index is 0.0488. The fourth-order valence-corrected chi connectivity index (χ4v) is 2.83. The van der Waals surface area contributed by atoms with Crippen molar-refractivity contribution >= 4 is 23.6 Å². The largest absolute Gasteiger partial charge is 0.361 e. The summed E-state index contributed by atoms with van der Waals surface area (Å²) in [6, 6.07) is 4.00. The Morgan fingerprint density at radius 3 is 3.11 bits per heavy atom. The van der Waals surface area contributed by atoms with Crippen LogP contribution in [0.2, 0.25) is 0 Å². The normalized spacial score (nSPS) is 23.6. The molecule has 0 saturated carbocycles. The molecule has 0 radical (unpaired) electrons. The van der Waals surface area contributed by atoms with Crippen molar-refractivity contribution in [2.24, 2.45) is 0 Å². The van der Waals surface area contributed by atoms with Crippen molar-refractivity contribution in [1.82, 2.24) is 14.6 Å². The van der Waals surface area contributed by atoms with Crippen LogP contribution in [-0.4, -0.2) is 33.2 Å². The van der Waals surface area contributed by atoms with E-state index >= 15 is 0 Å². The number of carbonyl (C=O) groups excluding carboxylic acids is 1. The molecule has 3 rings (SSSR count). The number of hydrogen-bond donors (Lipinski definition) is 0. The summed E-state index contributed by atoms with van der Waals surface area (Å²) in [5.74, 6) is 0. The Morgan fingerprint density at radius 1 is 1.50 bits per heavy atom. The maximum atomic E-state index is 10.7. The first kappa shape index (κ1) is 11.7. The van der Waals surface area contributed by atoms with Crippen LogP contribution in [0.15, 0.2) is 23.5 Å². The molecule has 0 aromatic carbocycles. The summed E-state index contributed by atoms with van der Waals surface area (Å²) >= 11 is 1.59. The molecule has 18 heavy (non-hydrogen) atoms. The van der Waals surface area contributed by atoms with Crippen molar-refractivity contribution in [2.45, 2.75) is 30.1 Å². The van der Waals surface area contributed by atoms with Crippen molar-refractivity contribution in [3.05, 3.63) is 24.2 Å². The smallest absolute Gasteiger partial charge is 0.148 e. The lowest BCUT2D eigenvalue weighted by atomic mass is 10.1. The Balaban J connectivity index is 2.01. The van der Waals surface area contributed by atoms with E-state index in [2.05, 4.69) is 10.1 Å². The predicted molar refractivity (Wildman–Crippen MR) is 67.7 cm³/mol. The Bertz CT molecular complexity index is 584. The Hall–Kier alpha value is -1.40. The second-order valence-electron chi connectivity index (χ2n) is 4.20. The Labute approximate surface area is 109 Å². The zero-order valence-electron chi connectivity index (χ0n) is 9.94. The van der Waals surface area contributed by atoms with E-state index in [9.17, 15) is 4.79 Å². The molecule has 94 valence electrons. The molecule has 5 nitrogen and oxygen atoms in total. The van der Waals surface area contributed by atoms with Crippen molar-refractivity contribution in [3.8, 4) is 0 Å². The number of aromatic nitrogens is 3. The van der Waals surface area contributed by atoms with Crippen LogP contribution in [0.3, 0.4) is 0 Å². The number of carbonyl (C=O) groups is 1. The summed E-state index contributed by atoms with van der Waals surface area (Å²) < 4.78 is 7.54. The fourth-order valence-electron chi connectivity index (χ4n) is 2.31. The van der Waals surface area contributed by atoms with Gasteiger partial charge < -0.3 is 9.53 Å². The minimum atomic E-state index is -0.276. The quantitative estimate of drug-likeness (QED) is 0.625. The number of nitrogens with zero attached hydrogens (tertiary/aromatic N) is 3. The van der Waals surface area contributed by atoms with Crippen LogP contribution in [-0.2, 0) is 9.53 Å². The van der Waals surface area contributed by atoms with Crippen LogP contribution in [0.25, 0.3) is 5.52 Å². The molecule has 2 unspecified atom stereocenters. The zero-order valence-corrected chi connectivity index (χ0v) is 10.8. The highest BCUT2D eigenvalue weighted by Crippen LogP contribution is 2.33. The molecular weight excluding hydrogens is 250 g/mol. The third kappa shape index (κ3) is 1.81. The molecular formula is C12H13N3O2S. The first-order chi connectivity index (χ1) is 8.83. The van der Waals surface area contributed by atoms with E-state index < -0.39 is 0 Å². The number of aldehydes is 1. The van der Waals surface area contributed by atoms with Crippen LogP contribution >= 0.6 is 11.8 Å². The van der Waals surface area contributed by atoms with E-state index in [-0.39, 0.29) is 12.2 Å². The van der Waals surface area contributed by atoms with Crippen LogP contribution in [0.1, 0.15) is 24.6 Å². The van der Waals surface area contributed by atoms with Crippen molar-refractivity contribution in [2.75, 3.05) is 6.26 Å². The maximum Gasteiger partial charge on any atom is 0.148 e. The second-order valence-corrected chi connectivity index (χ2v) is 5.00. The van der Waals surface area contributed by atoms with Crippen LogP contribution in [0, 0.1) is 0 Å². The second kappa shape index (κ2) is 4.70. The summed E-state index contributed by atoms with van der Waals surface area (Å²) in [4.78, 5) is 15.0. The van der Waals surface area contributed by atoms with Gasteiger partial charge >= 0.3 is 0 Å². The lowest BCUT2D eigenvalue weighted by molar-refractivity contribution is -0.117. The standard InChI is InChI=1S/C12H13N3O2S/c1-18-12-10-4-3-9(15(10)14-7-13-12)11-5-2-8(6-16)17-11/h3-4,6-8,11H,2,5H2,1H3. The highest BCUT2D eigenvalue weighted by atomic mass is 32.2. The molecule has 1 saturated heterocycles. The summed E-state index contributed by atoms with van der Waals surface area (Å²) in [5.41, 5.74) is 1.98. The van der Waals surface area contributed by atoms with E-state index in [0.717, 1.165) is 35.4 Å². The van der Waals surface area contributed by atoms with Gasteiger partial charge in [-0.05, 0) is 31.2 Å². The van der Waals surface area contributed by atoms with Crippen molar-refractivity contribution < 1.29 is 9.53 Å². The third-order valence-corrected chi connectivity index (χ3v) is 3.87. The average molecular weight is 263 g/mol. The van der Waals surface area contributed by atoms with Gasteiger partial charge in [0.2, 0.25) is 0 Å². The number of fused-ring (bicyclic) bond motifs is 1. The monoisotopic (exact) mass is 263 g/mol. The summed E-state index contributed by atoms with van der Waals surface area (Å²) in [7, 11) is 0. The average Bonchev–Trinajstić information content (AvgIpc) is 3.03. The van der Waals surface area contributed by atoms with Crippen LogP contribution in [0.4, 0.5) is 0 Å². The van der Waals surface area contributed by atoms with E-state index in [1.165, 1.54) is 0 Å². The lowest BCUT2D eigenvalue weighted by Crippen LogP contribution is -2.09. The molecule has 0 bridgehead atoms. The fraction of sp³-hybridized carbons (Fsp3) is 0.417. The molecule has 1 aliphatic rings. The molecule has 3 heterocycles. The van der Waals surface area contributed by atoms with Gasteiger partial charge in [-0.25, -0.2) is 9.50 Å². The van der Waals surface area contributed by atoms with Gasteiger partial charge in [0.05, 0.1) is 11.2 Å². The molecule has 0 N–H and O–H groups in total. The van der Waals surface area contributed by atoms with Gasteiger partial charge in [0.25, 0.3) is 0 Å². The highest BCUT2D eigenvalue weighted by Gasteiger charge is 2.28. The molecule has 0 aliphatic carbocycles. The third-order valence-electron chi connectivity index (χ3n) is 3.17.